The molecule has 0 saturated carbocycles. The van der Waals surface area contributed by atoms with Crippen LogP contribution in [0.5, 0.6) is 5.75 Å². The van der Waals surface area contributed by atoms with Crippen LogP contribution in [0.4, 0.5) is 0 Å². The van der Waals surface area contributed by atoms with Crippen LogP contribution in [0.3, 0.4) is 0 Å². The fourth-order valence-corrected chi connectivity index (χ4v) is 2.06. The number of hydrogen-bond acceptors (Lipinski definition) is 1. The molecule has 0 bridgehead atoms. The molecule has 0 spiro atoms. The molecule has 0 fully saturated rings. The van der Waals surface area contributed by atoms with Crippen molar-refractivity contribution < 1.29 is 4.74 Å². The summed E-state index contributed by atoms with van der Waals surface area (Å²) in [5.74, 6) is 1.77. The zero-order chi connectivity index (χ0) is 13.1. The minimum atomic E-state index is 0.778. The van der Waals surface area contributed by atoms with E-state index >= 15 is 0 Å². The number of benzene rings is 1. The quantitative estimate of drug-likeness (QED) is 0.418. The third-order valence-corrected chi connectivity index (χ3v) is 3.31. The van der Waals surface area contributed by atoms with Crippen LogP contribution in [0, 0.1) is 0 Å². The Morgan fingerprint density at radius 1 is 0.944 bits per heavy atom. The highest BCUT2D eigenvalue weighted by Gasteiger charge is 1.96. The summed E-state index contributed by atoms with van der Waals surface area (Å²) in [4.78, 5) is 0. The molecule has 102 valence electrons. The molecule has 0 aliphatic carbocycles. The topological polar surface area (TPSA) is 9.23 Å². The Morgan fingerprint density at radius 3 is 2.33 bits per heavy atom. The number of rotatable bonds is 10. The lowest BCUT2D eigenvalue weighted by molar-refractivity contribution is 0.305. The van der Waals surface area contributed by atoms with Crippen LogP contribution >= 0.6 is 11.6 Å². The van der Waals surface area contributed by atoms with Gasteiger partial charge in [0.15, 0.2) is 0 Å². The van der Waals surface area contributed by atoms with Crippen LogP contribution in [-0.2, 0) is 6.42 Å². The van der Waals surface area contributed by atoms with E-state index in [9.17, 15) is 0 Å². The highest BCUT2D eigenvalue weighted by atomic mass is 35.5. The van der Waals surface area contributed by atoms with Crippen molar-refractivity contribution >= 4 is 11.6 Å². The van der Waals surface area contributed by atoms with Gasteiger partial charge in [0.05, 0.1) is 6.61 Å². The summed E-state index contributed by atoms with van der Waals surface area (Å²) < 4.78 is 5.71. The van der Waals surface area contributed by atoms with Gasteiger partial charge in [0.2, 0.25) is 0 Å². The predicted octanol–water partition coefficient (Wildman–Crippen LogP) is 5.21. The van der Waals surface area contributed by atoms with E-state index in [1.165, 1.54) is 37.7 Å². The van der Waals surface area contributed by atoms with Gasteiger partial charge in [0.25, 0.3) is 0 Å². The summed E-state index contributed by atoms with van der Waals surface area (Å²) in [7, 11) is 0. The summed E-state index contributed by atoms with van der Waals surface area (Å²) in [5, 5.41) is 0. The van der Waals surface area contributed by atoms with Gasteiger partial charge in [-0.05, 0) is 43.4 Å². The second-order valence-electron chi connectivity index (χ2n) is 4.70. The van der Waals surface area contributed by atoms with E-state index in [1.807, 2.05) is 0 Å². The molecule has 1 aromatic rings. The maximum absolute atomic E-state index is 5.71. The number of hydrogen-bond donors (Lipinski definition) is 0. The van der Waals surface area contributed by atoms with E-state index in [-0.39, 0.29) is 0 Å². The maximum atomic E-state index is 5.71. The van der Waals surface area contributed by atoms with Crippen molar-refractivity contribution in [3.05, 3.63) is 29.8 Å². The van der Waals surface area contributed by atoms with Gasteiger partial charge >= 0.3 is 0 Å². The van der Waals surface area contributed by atoms with E-state index < -0.39 is 0 Å². The molecule has 0 aliphatic heterocycles. The molecule has 0 N–H and O–H groups in total. The van der Waals surface area contributed by atoms with Crippen LogP contribution < -0.4 is 4.74 Å². The number of aryl methyl sites for hydroxylation is 1. The summed E-state index contributed by atoms with van der Waals surface area (Å²) in [6, 6.07) is 8.53. The number of ether oxygens (including phenoxy) is 1. The van der Waals surface area contributed by atoms with Crippen molar-refractivity contribution in [1.82, 2.24) is 0 Å². The Balaban J connectivity index is 2.14. The maximum Gasteiger partial charge on any atom is 0.119 e. The van der Waals surface area contributed by atoms with Crippen molar-refractivity contribution in [3.8, 4) is 5.75 Å². The molecule has 0 saturated heterocycles. The number of alkyl halides is 1. The molecule has 18 heavy (non-hydrogen) atoms. The number of unbranched alkanes of at least 4 members (excludes halogenated alkanes) is 4. The van der Waals surface area contributed by atoms with E-state index in [2.05, 4.69) is 31.2 Å². The first-order valence-corrected chi connectivity index (χ1v) is 7.68. The minimum absolute atomic E-state index is 0.778. The van der Waals surface area contributed by atoms with Crippen LogP contribution in [0.25, 0.3) is 0 Å². The first-order chi connectivity index (χ1) is 8.86. The molecule has 0 heterocycles. The second kappa shape index (κ2) is 10.3. The lowest BCUT2D eigenvalue weighted by Gasteiger charge is -2.07. The Bertz CT molecular complexity index is 294. The molecule has 1 aromatic carbocycles. The highest BCUT2D eigenvalue weighted by Crippen LogP contribution is 2.14. The van der Waals surface area contributed by atoms with Gasteiger partial charge in [-0.15, -0.1) is 11.6 Å². The SMILES string of the molecule is CCCCc1ccc(OCCCCCCCl)cc1. The fraction of sp³-hybridized carbons (Fsp3) is 0.625. The lowest BCUT2D eigenvalue weighted by Crippen LogP contribution is -1.97. The van der Waals surface area contributed by atoms with Gasteiger partial charge in [-0.25, -0.2) is 0 Å². The van der Waals surface area contributed by atoms with Crippen molar-refractivity contribution in [2.45, 2.75) is 51.9 Å². The van der Waals surface area contributed by atoms with Gasteiger partial charge in [0, 0.05) is 5.88 Å². The Kier molecular flexibility index (Phi) is 8.75. The van der Waals surface area contributed by atoms with Gasteiger partial charge < -0.3 is 4.74 Å². The molecule has 0 atom stereocenters. The van der Waals surface area contributed by atoms with Crippen molar-refractivity contribution in [3.63, 3.8) is 0 Å². The third-order valence-electron chi connectivity index (χ3n) is 3.04. The first-order valence-electron chi connectivity index (χ1n) is 7.14. The van der Waals surface area contributed by atoms with Crippen LogP contribution in [0.15, 0.2) is 24.3 Å². The fourth-order valence-electron chi connectivity index (χ4n) is 1.87. The second-order valence-corrected chi connectivity index (χ2v) is 5.08. The smallest absolute Gasteiger partial charge is 0.119 e. The summed E-state index contributed by atoms with van der Waals surface area (Å²) in [5.41, 5.74) is 1.41. The Labute approximate surface area is 116 Å². The van der Waals surface area contributed by atoms with Crippen LogP contribution in [0.2, 0.25) is 0 Å². The molecular weight excluding hydrogens is 244 g/mol. The zero-order valence-corrected chi connectivity index (χ0v) is 12.2. The summed E-state index contributed by atoms with van der Waals surface area (Å²) in [6.45, 7) is 3.04. The monoisotopic (exact) mass is 268 g/mol. The molecular formula is C16H25ClO. The summed E-state index contributed by atoms with van der Waals surface area (Å²) in [6.07, 6.45) is 8.35. The molecule has 0 amide bonds. The lowest BCUT2D eigenvalue weighted by atomic mass is 10.1. The largest absolute Gasteiger partial charge is 0.494 e. The Hall–Kier alpha value is -0.690. The van der Waals surface area contributed by atoms with E-state index in [1.54, 1.807) is 0 Å². The standard InChI is InChI=1S/C16H25ClO/c1-2-3-8-15-9-11-16(12-10-15)18-14-7-5-4-6-13-17/h9-12H,2-8,13-14H2,1H3. The molecule has 1 rings (SSSR count). The molecule has 0 radical (unpaired) electrons. The zero-order valence-electron chi connectivity index (χ0n) is 11.5. The average molecular weight is 269 g/mol. The van der Waals surface area contributed by atoms with Crippen LogP contribution in [0.1, 0.15) is 51.0 Å². The van der Waals surface area contributed by atoms with E-state index in [4.69, 9.17) is 16.3 Å². The third kappa shape index (κ3) is 6.90. The summed E-state index contributed by atoms with van der Waals surface area (Å²) >= 11 is 5.63. The van der Waals surface area contributed by atoms with E-state index in [0.29, 0.717) is 0 Å². The van der Waals surface area contributed by atoms with Crippen molar-refractivity contribution in [2.24, 2.45) is 0 Å². The average Bonchev–Trinajstić information content (AvgIpc) is 2.42. The normalized spacial score (nSPS) is 10.6. The minimum Gasteiger partial charge on any atom is -0.494 e. The van der Waals surface area contributed by atoms with Crippen molar-refractivity contribution in [1.29, 1.82) is 0 Å². The van der Waals surface area contributed by atoms with E-state index in [0.717, 1.165) is 31.1 Å². The van der Waals surface area contributed by atoms with Crippen LogP contribution in [-0.4, -0.2) is 12.5 Å². The van der Waals surface area contributed by atoms with Gasteiger partial charge in [-0.3, -0.25) is 0 Å². The van der Waals surface area contributed by atoms with Gasteiger partial charge in [-0.2, -0.15) is 0 Å². The predicted molar refractivity (Wildman–Crippen MR) is 79.7 cm³/mol. The molecule has 0 aliphatic rings. The van der Waals surface area contributed by atoms with Gasteiger partial charge in [0.1, 0.15) is 5.75 Å². The highest BCUT2D eigenvalue weighted by molar-refractivity contribution is 6.17. The molecule has 0 aromatic heterocycles. The molecule has 1 nitrogen and oxygen atoms in total. The molecule has 0 unspecified atom stereocenters. The Morgan fingerprint density at radius 2 is 1.67 bits per heavy atom. The van der Waals surface area contributed by atoms with Crippen molar-refractivity contribution in [2.75, 3.05) is 12.5 Å². The number of halogens is 1. The first kappa shape index (κ1) is 15.4. The van der Waals surface area contributed by atoms with Gasteiger partial charge in [-0.1, -0.05) is 38.3 Å². The molecule has 2 heteroatoms.